The summed E-state index contributed by atoms with van der Waals surface area (Å²) in [5.41, 5.74) is 2.73. The summed E-state index contributed by atoms with van der Waals surface area (Å²) in [5.74, 6) is 0. The average molecular weight is 281 g/mol. The van der Waals surface area contributed by atoms with Gasteiger partial charge in [-0.3, -0.25) is 0 Å². The van der Waals surface area contributed by atoms with Gasteiger partial charge in [0.25, 0.3) is 0 Å². The lowest BCUT2D eigenvalue weighted by Crippen LogP contribution is -1.79. The molecule has 2 aromatic rings. The van der Waals surface area contributed by atoms with Crippen LogP contribution in [-0.4, -0.2) is 4.98 Å². The second-order valence-corrected chi connectivity index (χ2v) is 4.00. The van der Waals surface area contributed by atoms with Crippen molar-refractivity contribution in [3.63, 3.8) is 0 Å². The number of halogens is 1. The molecule has 0 atom stereocenters. The zero-order chi connectivity index (χ0) is 9.97. The molecular weight excluding hydrogens is 272 g/mol. The Morgan fingerprint density at radius 3 is 2.40 bits per heavy atom. The molecular formula is C11H9BrN2S. The smallest absolute Gasteiger partial charge is 0.0991 e. The number of rotatable bonds is 1. The van der Waals surface area contributed by atoms with Crippen LogP contribution in [0.25, 0.3) is 11.3 Å². The van der Waals surface area contributed by atoms with Gasteiger partial charge in [0.15, 0.2) is 0 Å². The van der Waals surface area contributed by atoms with E-state index in [0.29, 0.717) is 5.56 Å². The van der Waals surface area contributed by atoms with Gasteiger partial charge in [0.1, 0.15) is 0 Å². The Kier molecular flexibility index (Phi) is 4.01. The Morgan fingerprint density at radius 2 is 1.93 bits per heavy atom. The van der Waals surface area contributed by atoms with Gasteiger partial charge in [-0.2, -0.15) is 5.26 Å². The quantitative estimate of drug-likeness (QED) is 0.801. The largest absolute Gasteiger partial charge is 0.242 e. The lowest BCUT2D eigenvalue weighted by atomic mass is 10.1. The van der Waals surface area contributed by atoms with Crippen LogP contribution in [0.4, 0.5) is 0 Å². The van der Waals surface area contributed by atoms with Gasteiger partial charge in [0, 0.05) is 10.9 Å². The first kappa shape index (κ1) is 11.9. The summed E-state index contributed by atoms with van der Waals surface area (Å²) >= 11 is 1.63. The molecule has 0 spiro atoms. The fourth-order valence-electron chi connectivity index (χ4n) is 1.21. The van der Waals surface area contributed by atoms with Crippen LogP contribution >= 0.6 is 28.3 Å². The Labute approximate surface area is 103 Å². The van der Waals surface area contributed by atoms with Crippen LogP contribution in [0.1, 0.15) is 10.6 Å². The van der Waals surface area contributed by atoms with E-state index in [2.05, 4.69) is 11.1 Å². The number of hydrogen-bond acceptors (Lipinski definition) is 3. The van der Waals surface area contributed by atoms with E-state index in [1.807, 2.05) is 36.6 Å². The molecule has 2 rings (SSSR count). The van der Waals surface area contributed by atoms with Crippen LogP contribution in [0, 0.1) is 18.3 Å². The molecule has 0 bridgehead atoms. The van der Waals surface area contributed by atoms with Crippen molar-refractivity contribution in [3.8, 4) is 17.3 Å². The van der Waals surface area contributed by atoms with Gasteiger partial charge >= 0.3 is 0 Å². The van der Waals surface area contributed by atoms with Gasteiger partial charge in [-0.15, -0.1) is 28.3 Å². The van der Waals surface area contributed by atoms with Crippen LogP contribution in [0.2, 0.25) is 0 Å². The first-order valence-corrected chi connectivity index (χ1v) is 5.10. The Bertz CT molecular complexity index is 482. The zero-order valence-electron chi connectivity index (χ0n) is 8.10. The van der Waals surface area contributed by atoms with Crippen molar-refractivity contribution in [2.45, 2.75) is 6.92 Å². The lowest BCUT2D eigenvalue weighted by molar-refractivity contribution is 1.30. The molecule has 1 aromatic heterocycles. The number of nitrogens with zero attached hydrogens (tertiary/aromatic N) is 2. The van der Waals surface area contributed by atoms with Gasteiger partial charge in [0.05, 0.1) is 22.3 Å². The maximum absolute atomic E-state index is 8.64. The molecule has 2 nitrogen and oxygen atoms in total. The molecule has 0 amide bonds. The summed E-state index contributed by atoms with van der Waals surface area (Å²) in [4.78, 5) is 4.37. The van der Waals surface area contributed by atoms with E-state index in [9.17, 15) is 0 Å². The Hall–Kier alpha value is -1.18. The molecule has 0 saturated heterocycles. The van der Waals surface area contributed by atoms with E-state index in [-0.39, 0.29) is 17.0 Å². The molecule has 4 heteroatoms. The van der Waals surface area contributed by atoms with E-state index < -0.39 is 0 Å². The molecule has 1 aromatic carbocycles. The first-order chi connectivity index (χ1) is 6.79. The van der Waals surface area contributed by atoms with Gasteiger partial charge < -0.3 is 0 Å². The van der Waals surface area contributed by atoms with Crippen molar-refractivity contribution >= 4 is 28.3 Å². The highest BCUT2D eigenvalue weighted by Crippen LogP contribution is 2.21. The summed E-state index contributed by atoms with van der Waals surface area (Å²) in [5, 5.41) is 11.7. The molecule has 15 heavy (non-hydrogen) atoms. The van der Waals surface area contributed by atoms with Crippen molar-refractivity contribution in [2.24, 2.45) is 0 Å². The Morgan fingerprint density at radius 1 is 1.27 bits per heavy atom. The number of thiazole rings is 1. The van der Waals surface area contributed by atoms with Crippen LogP contribution in [0.5, 0.6) is 0 Å². The summed E-state index contributed by atoms with van der Waals surface area (Å²) < 4.78 is 0. The fourth-order valence-corrected chi connectivity index (χ4v) is 1.83. The number of nitriles is 1. The number of aromatic nitrogens is 1. The first-order valence-electron chi connectivity index (χ1n) is 4.22. The molecule has 0 aliphatic rings. The molecule has 0 unspecified atom stereocenters. The molecule has 76 valence electrons. The maximum Gasteiger partial charge on any atom is 0.0991 e. The standard InChI is InChI=1S/C11H8N2S.BrH/c1-8-13-11(7-14-8)10-4-2-9(6-12)3-5-10;/h2-5,7H,1H3;1H. The van der Waals surface area contributed by atoms with Gasteiger partial charge in [0.2, 0.25) is 0 Å². The predicted molar refractivity (Wildman–Crippen MR) is 67.3 cm³/mol. The monoisotopic (exact) mass is 280 g/mol. The molecule has 0 aliphatic carbocycles. The van der Waals surface area contributed by atoms with Gasteiger partial charge in [-0.1, -0.05) is 12.1 Å². The molecule has 0 saturated carbocycles. The summed E-state index contributed by atoms with van der Waals surface area (Å²) in [6.07, 6.45) is 0. The topological polar surface area (TPSA) is 36.7 Å². The highest BCUT2D eigenvalue weighted by Gasteiger charge is 2.01. The highest BCUT2D eigenvalue weighted by molar-refractivity contribution is 8.93. The van der Waals surface area contributed by atoms with E-state index in [4.69, 9.17) is 5.26 Å². The molecule has 0 aliphatic heterocycles. The van der Waals surface area contributed by atoms with E-state index in [0.717, 1.165) is 16.3 Å². The van der Waals surface area contributed by atoms with Crippen LogP contribution in [0.15, 0.2) is 29.6 Å². The number of aryl methyl sites for hydroxylation is 1. The minimum atomic E-state index is 0. The highest BCUT2D eigenvalue weighted by atomic mass is 79.9. The van der Waals surface area contributed by atoms with Crippen LogP contribution in [-0.2, 0) is 0 Å². The molecule has 0 radical (unpaired) electrons. The Balaban J connectivity index is 0.00000112. The van der Waals surface area contributed by atoms with Gasteiger partial charge in [-0.05, 0) is 19.1 Å². The molecule has 0 N–H and O–H groups in total. The van der Waals surface area contributed by atoms with Crippen molar-refractivity contribution in [2.75, 3.05) is 0 Å². The van der Waals surface area contributed by atoms with Crippen molar-refractivity contribution in [1.29, 1.82) is 5.26 Å². The van der Waals surface area contributed by atoms with E-state index >= 15 is 0 Å². The van der Waals surface area contributed by atoms with Crippen molar-refractivity contribution in [1.82, 2.24) is 4.98 Å². The van der Waals surface area contributed by atoms with E-state index in [1.54, 1.807) is 11.3 Å². The third-order valence-electron chi connectivity index (χ3n) is 1.93. The summed E-state index contributed by atoms with van der Waals surface area (Å²) in [6, 6.07) is 9.56. The second kappa shape index (κ2) is 5.06. The minimum Gasteiger partial charge on any atom is -0.242 e. The predicted octanol–water partition coefficient (Wildman–Crippen LogP) is 3.57. The average Bonchev–Trinajstić information content (AvgIpc) is 2.65. The summed E-state index contributed by atoms with van der Waals surface area (Å²) in [6.45, 7) is 1.98. The number of hydrogen-bond donors (Lipinski definition) is 0. The molecule has 0 fully saturated rings. The van der Waals surface area contributed by atoms with Crippen LogP contribution in [0.3, 0.4) is 0 Å². The normalized spacial score (nSPS) is 9.07. The maximum atomic E-state index is 8.64. The van der Waals surface area contributed by atoms with Crippen molar-refractivity contribution < 1.29 is 0 Å². The second-order valence-electron chi connectivity index (χ2n) is 2.94. The molecule has 1 heterocycles. The third kappa shape index (κ3) is 2.65. The van der Waals surface area contributed by atoms with Gasteiger partial charge in [-0.25, -0.2) is 4.98 Å². The minimum absolute atomic E-state index is 0. The fraction of sp³-hybridized carbons (Fsp3) is 0.0909. The van der Waals surface area contributed by atoms with Crippen molar-refractivity contribution in [3.05, 3.63) is 40.2 Å². The summed E-state index contributed by atoms with van der Waals surface area (Å²) in [7, 11) is 0. The van der Waals surface area contributed by atoms with Crippen LogP contribution < -0.4 is 0 Å². The SMILES string of the molecule is Br.Cc1nc(-c2ccc(C#N)cc2)cs1. The third-order valence-corrected chi connectivity index (χ3v) is 2.70. The number of benzene rings is 1. The zero-order valence-corrected chi connectivity index (χ0v) is 10.6. The van der Waals surface area contributed by atoms with E-state index in [1.165, 1.54) is 0 Å². The lowest BCUT2D eigenvalue weighted by Gasteiger charge is -1.95.